The molecule has 0 unspecified atom stereocenters. The molecule has 1 aliphatic rings. The summed E-state index contributed by atoms with van der Waals surface area (Å²) in [6.07, 6.45) is 1.80. The van der Waals surface area contributed by atoms with Gasteiger partial charge in [-0.1, -0.05) is 29.3 Å². The summed E-state index contributed by atoms with van der Waals surface area (Å²) in [5.74, 6) is 0.555. The molecule has 1 fully saturated rings. The van der Waals surface area contributed by atoms with Gasteiger partial charge in [0.25, 0.3) is 5.91 Å². The van der Waals surface area contributed by atoms with Crippen LogP contribution >= 0.6 is 57.6 Å². The van der Waals surface area contributed by atoms with Crippen molar-refractivity contribution in [1.82, 2.24) is 4.90 Å². The van der Waals surface area contributed by atoms with E-state index in [4.69, 9.17) is 37.4 Å². The Labute approximate surface area is 254 Å². The molecule has 0 radical (unpaired) electrons. The molecule has 1 amide bonds. The molecule has 7 nitrogen and oxygen atoms in total. The maximum Gasteiger partial charge on any atom is 0.337 e. The van der Waals surface area contributed by atoms with Crippen LogP contribution < -0.4 is 9.47 Å². The molecule has 11 heteroatoms. The summed E-state index contributed by atoms with van der Waals surface area (Å²) in [4.78, 5) is 31.2. The van der Waals surface area contributed by atoms with Gasteiger partial charge < -0.3 is 14.2 Å². The normalized spacial score (nSPS) is 15.2. The van der Waals surface area contributed by atoms with Crippen molar-refractivity contribution in [2.24, 2.45) is 4.99 Å². The van der Waals surface area contributed by atoms with Crippen LogP contribution in [0.4, 0.5) is 5.69 Å². The lowest BCUT2D eigenvalue weighted by Crippen LogP contribution is -2.23. The quantitative estimate of drug-likeness (QED) is 0.137. The average molecular weight is 697 g/mol. The molecule has 3 aromatic carbocycles. The Balaban J connectivity index is 1.56. The summed E-state index contributed by atoms with van der Waals surface area (Å²) in [6.45, 7) is 2.58. The van der Waals surface area contributed by atoms with Crippen molar-refractivity contribution in [3.05, 3.63) is 89.8 Å². The van der Waals surface area contributed by atoms with Crippen molar-refractivity contribution in [2.45, 2.75) is 13.5 Å². The van der Waals surface area contributed by atoms with Gasteiger partial charge in [0.1, 0.15) is 6.61 Å². The third-order valence-corrected chi connectivity index (χ3v) is 7.98. The molecule has 0 atom stereocenters. The number of methoxy groups -OCH3 is 1. The minimum Gasteiger partial charge on any atom is -0.490 e. The summed E-state index contributed by atoms with van der Waals surface area (Å²) >= 11 is 15.8. The van der Waals surface area contributed by atoms with Gasteiger partial charge in [0.05, 0.1) is 33.4 Å². The van der Waals surface area contributed by atoms with E-state index in [-0.39, 0.29) is 12.5 Å². The molecule has 202 valence electrons. The molecular formula is C28H23Cl2IN2O5S. The SMILES string of the molecule is CCOc1cc(/C=C2\SC(=Nc3ccc(C(=O)OC)cc3)N(C)C2=O)cc(I)c1OCc1ccc(Cl)cc1Cl. The Hall–Kier alpha value is -2.73. The Morgan fingerprint density at radius 1 is 1.10 bits per heavy atom. The molecule has 0 aliphatic carbocycles. The van der Waals surface area contributed by atoms with E-state index in [0.29, 0.717) is 49.5 Å². The molecule has 0 saturated carbocycles. The van der Waals surface area contributed by atoms with E-state index in [2.05, 4.69) is 27.6 Å². The summed E-state index contributed by atoms with van der Waals surface area (Å²) in [6, 6.07) is 15.7. The number of esters is 1. The van der Waals surface area contributed by atoms with Gasteiger partial charge in [0, 0.05) is 22.7 Å². The van der Waals surface area contributed by atoms with E-state index < -0.39 is 5.97 Å². The van der Waals surface area contributed by atoms with Crippen LogP contribution in [0.5, 0.6) is 11.5 Å². The number of aliphatic imine (C=N–C) groups is 1. The predicted molar refractivity (Wildman–Crippen MR) is 164 cm³/mol. The first-order chi connectivity index (χ1) is 18.7. The number of amidine groups is 1. The highest BCUT2D eigenvalue weighted by Gasteiger charge is 2.30. The average Bonchev–Trinajstić information content (AvgIpc) is 3.16. The molecule has 1 aliphatic heterocycles. The molecule has 1 heterocycles. The Morgan fingerprint density at radius 3 is 2.51 bits per heavy atom. The van der Waals surface area contributed by atoms with E-state index in [0.717, 1.165) is 14.7 Å². The number of nitrogens with zero attached hydrogens (tertiary/aromatic N) is 2. The van der Waals surface area contributed by atoms with Crippen molar-refractivity contribution in [3.8, 4) is 11.5 Å². The van der Waals surface area contributed by atoms with Gasteiger partial charge in [-0.15, -0.1) is 0 Å². The lowest BCUT2D eigenvalue weighted by Gasteiger charge is -2.15. The number of ether oxygens (including phenoxy) is 3. The summed E-state index contributed by atoms with van der Waals surface area (Å²) in [5.41, 5.74) is 2.62. The first-order valence-electron chi connectivity index (χ1n) is 11.7. The van der Waals surface area contributed by atoms with E-state index in [9.17, 15) is 9.59 Å². The fraction of sp³-hybridized carbons (Fsp3) is 0.179. The zero-order chi connectivity index (χ0) is 28.1. The number of carbonyl (C=O) groups is 2. The van der Waals surface area contributed by atoms with E-state index in [1.165, 1.54) is 23.8 Å². The van der Waals surface area contributed by atoms with Gasteiger partial charge in [0.2, 0.25) is 0 Å². The lowest BCUT2D eigenvalue weighted by molar-refractivity contribution is -0.121. The molecule has 39 heavy (non-hydrogen) atoms. The fourth-order valence-electron chi connectivity index (χ4n) is 3.57. The smallest absolute Gasteiger partial charge is 0.337 e. The number of hydrogen-bond acceptors (Lipinski definition) is 7. The number of halogens is 3. The molecule has 0 bridgehead atoms. The number of benzene rings is 3. The lowest BCUT2D eigenvalue weighted by atomic mass is 10.1. The van der Waals surface area contributed by atoms with Crippen molar-refractivity contribution >= 4 is 86.4 Å². The van der Waals surface area contributed by atoms with Gasteiger partial charge in [-0.05, 0) is 101 Å². The molecule has 0 aromatic heterocycles. The van der Waals surface area contributed by atoms with Crippen LogP contribution in [-0.4, -0.2) is 42.7 Å². The van der Waals surface area contributed by atoms with Crippen LogP contribution in [0, 0.1) is 3.57 Å². The zero-order valence-electron chi connectivity index (χ0n) is 21.2. The van der Waals surface area contributed by atoms with Crippen molar-refractivity contribution < 1.29 is 23.8 Å². The number of hydrogen-bond donors (Lipinski definition) is 0. The van der Waals surface area contributed by atoms with E-state index >= 15 is 0 Å². The maximum absolute atomic E-state index is 13.0. The standard InChI is InChI=1S/C28H23Cl2IN2O5S/c1-4-37-23-12-16(11-22(31)25(23)38-15-18-5-8-19(29)14-21(18)30)13-24-26(34)33(2)28(39-24)32-20-9-6-17(7-10-20)27(35)36-3/h5-14H,4,15H2,1-3H3/b24-13-,32-28?. The molecule has 1 saturated heterocycles. The fourth-order valence-corrected chi connectivity index (χ4v) is 5.80. The number of amides is 1. The van der Waals surface area contributed by atoms with Crippen molar-refractivity contribution in [3.63, 3.8) is 0 Å². The molecule has 4 rings (SSSR count). The second-order valence-electron chi connectivity index (χ2n) is 8.20. The van der Waals surface area contributed by atoms with Crippen LogP contribution in [0.15, 0.2) is 64.5 Å². The number of rotatable bonds is 8. The molecule has 3 aromatic rings. The first kappa shape index (κ1) is 29.3. The second-order valence-corrected chi connectivity index (χ2v) is 11.2. The Morgan fingerprint density at radius 2 is 1.85 bits per heavy atom. The van der Waals surface area contributed by atoms with Crippen LogP contribution in [-0.2, 0) is 16.1 Å². The van der Waals surface area contributed by atoms with Gasteiger partial charge >= 0.3 is 5.97 Å². The Kier molecular flexibility index (Phi) is 9.81. The van der Waals surface area contributed by atoms with Crippen LogP contribution in [0.2, 0.25) is 10.0 Å². The van der Waals surface area contributed by atoms with Crippen LogP contribution in [0.1, 0.15) is 28.4 Å². The predicted octanol–water partition coefficient (Wildman–Crippen LogP) is 7.60. The second kappa shape index (κ2) is 13.1. The van der Waals surface area contributed by atoms with Crippen molar-refractivity contribution in [2.75, 3.05) is 20.8 Å². The third-order valence-electron chi connectivity index (χ3n) is 5.53. The van der Waals surface area contributed by atoms with E-state index in [1.807, 2.05) is 25.1 Å². The summed E-state index contributed by atoms with van der Waals surface area (Å²) in [7, 11) is 3.00. The molecular weight excluding hydrogens is 674 g/mol. The van der Waals surface area contributed by atoms with Crippen LogP contribution in [0.25, 0.3) is 6.08 Å². The highest BCUT2D eigenvalue weighted by molar-refractivity contribution is 14.1. The zero-order valence-corrected chi connectivity index (χ0v) is 25.7. The van der Waals surface area contributed by atoms with Gasteiger partial charge in [-0.25, -0.2) is 9.79 Å². The summed E-state index contributed by atoms with van der Waals surface area (Å²) in [5, 5.41) is 1.60. The van der Waals surface area contributed by atoms with Crippen LogP contribution in [0.3, 0.4) is 0 Å². The van der Waals surface area contributed by atoms with E-state index in [1.54, 1.807) is 49.5 Å². The maximum atomic E-state index is 13.0. The highest BCUT2D eigenvalue weighted by Crippen LogP contribution is 2.38. The van der Waals surface area contributed by atoms with Crippen molar-refractivity contribution in [1.29, 1.82) is 0 Å². The monoisotopic (exact) mass is 696 g/mol. The minimum absolute atomic E-state index is 0.171. The summed E-state index contributed by atoms with van der Waals surface area (Å²) < 4.78 is 17.5. The van der Waals surface area contributed by atoms with Gasteiger partial charge in [0.15, 0.2) is 16.7 Å². The topological polar surface area (TPSA) is 77.4 Å². The largest absolute Gasteiger partial charge is 0.490 e. The number of carbonyl (C=O) groups excluding carboxylic acids is 2. The number of likely N-dealkylation sites (N-methyl/N-ethyl adjacent to an activating group) is 1. The third kappa shape index (κ3) is 7.08. The molecule has 0 N–H and O–H groups in total. The molecule has 0 spiro atoms. The first-order valence-corrected chi connectivity index (χ1v) is 14.3. The minimum atomic E-state index is -0.423. The van der Waals surface area contributed by atoms with Gasteiger partial charge in [-0.2, -0.15) is 0 Å². The van der Waals surface area contributed by atoms with Gasteiger partial charge in [-0.3, -0.25) is 9.69 Å². The Bertz CT molecular complexity index is 1480. The highest BCUT2D eigenvalue weighted by atomic mass is 127. The number of thioether (sulfide) groups is 1.